The van der Waals surface area contributed by atoms with Crippen LogP contribution in [0.4, 0.5) is 24.5 Å². The third kappa shape index (κ3) is 3.19. The second-order valence-corrected chi connectivity index (χ2v) is 4.34. The van der Waals surface area contributed by atoms with Gasteiger partial charge in [0.15, 0.2) is 0 Å². The quantitative estimate of drug-likeness (QED) is 0.844. The van der Waals surface area contributed by atoms with E-state index in [9.17, 15) is 13.2 Å². The molecule has 0 amide bonds. The first-order valence-corrected chi connectivity index (χ1v) is 5.91. The van der Waals surface area contributed by atoms with Gasteiger partial charge in [-0.05, 0) is 18.2 Å². The van der Waals surface area contributed by atoms with Crippen molar-refractivity contribution in [2.24, 2.45) is 7.05 Å². The van der Waals surface area contributed by atoms with Gasteiger partial charge in [0.1, 0.15) is 12.2 Å². The molecule has 0 unspecified atom stereocenters. The molecule has 0 spiro atoms. The fourth-order valence-electron chi connectivity index (χ4n) is 1.79. The fraction of sp³-hybridized carbons (Fsp3) is 0.333. The highest BCUT2D eigenvalue weighted by molar-refractivity contribution is 5.59. The fourth-order valence-corrected chi connectivity index (χ4v) is 1.79. The number of nitrogen functional groups attached to an aromatic ring is 1. The van der Waals surface area contributed by atoms with Crippen LogP contribution in [0.15, 0.2) is 24.5 Å². The SMILES string of the molecule is Cn1cnnc1CCNc1ccc(N)cc1C(F)(F)F. The largest absolute Gasteiger partial charge is 0.418 e. The Labute approximate surface area is 113 Å². The number of alkyl halides is 3. The lowest BCUT2D eigenvalue weighted by Gasteiger charge is -2.15. The first-order chi connectivity index (χ1) is 9.38. The zero-order chi connectivity index (χ0) is 14.8. The van der Waals surface area contributed by atoms with Gasteiger partial charge in [-0.15, -0.1) is 10.2 Å². The molecule has 2 rings (SSSR count). The van der Waals surface area contributed by atoms with Gasteiger partial charge in [0.2, 0.25) is 0 Å². The summed E-state index contributed by atoms with van der Waals surface area (Å²) in [4.78, 5) is 0. The van der Waals surface area contributed by atoms with Crippen LogP contribution in [0.5, 0.6) is 0 Å². The lowest BCUT2D eigenvalue weighted by Crippen LogP contribution is -2.14. The summed E-state index contributed by atoms with van der Waals surface area (Å²) < 4.78 is 40.3. The van der Waals surface area contributed by atoms with E-state index in [-0.39, 0.29) is 11.4 Å². The highest BCUT2D eigenvalue weighted by Crippen LogP contribution is 2.35. The maximum absolute atomic E-state index is 12.9. The molecular formula is C12H14F3N5. The van der Waals surface area contributed by atoms with Crippen molar-refractivity contribution in [3.05, 3.63) is 35.9 Å². The minimum absolute atomic E-state index is 0.00821. The second kappa shape index (κ2) is 5.40. The molecule has 0 aliphatic rings. The molecular weight excluding hydrogens is 271 g/mol. The minimum Gasteiger partial charge on any atom is -0.399 e. The van der Waals surface area contributed by atoms with E-state index in [0.717, 1.165) is 6.07 Å². The normalized spacial score (nSPS) is 11.6. The van der Waals surface area contributed by atoms with Crippen molar-refractivity contribution in [1.82, 2.24) is 14.8 Å². The lowest BCUT2D eigenvalue weighted by atomic mass is 10.1. The number of rotatable bonds is 4. The molecule has 3 N–H and O–H groups in total. The number of anilines is 2. The number of hydrogen-bond acceptors (Lipinski definition) is 4. The van der Waals surface area contributed by atoms with Crippen LogP contribution in [0.2, 0.25) is 0 Å². The number of nitrogens with two attached hydrogens (primary N) is 1. The van der Waals surface area contributed by atoms with Crippen molar-refractivity contribution in [2.75, 3.05) is 17.6 Å². The summed E-state index contributed by atoms with van der Waals surface area (Å²) in [5, 5.41) is 10.3. The maximum Gasteiger partial charge on any atom is 0.418 e. The Morgan fingerprint density at radius 2 is 2.10 bits per heavy atom. The van der Waals surface area contributed by atoms with Gasteiger partial charge in [0.25, 0.3) is 0 Å². The van der Waals surface area contributed by atoms with E-state index in [0.29, 0.717) is 18.8 Å². The molecule has 1 heterocycles. The summed E-state index contributed by atoms with van der Waals surface area (Å²) in [6, 6.07) is 3.68. The van der Waals surface area contributed by atoms with Crippen LogP contribution in [0.1, 0.15) is 11.4 Å². The molecule has 0 bridgehead atoms. The molecule has 1 aromatic heterocycles. The monoisotopic (exact) mass is 285 g/mol. The minimum atomic E-state index is -4.44. The van der Waals surface area contributed by atoms with Gasteiger partial charge >= 0.3 is 6.18 Å². The number of benzene rings is 1. The molecule has 1 aromatic carbocycles. The summed E-state index contributed by atoms with van der Waals surface area (Å²) >= 11 is 0. The Balaban J connectivity index is 2.08. The maximum atomic E-state index is 12.9. The van der Waals surface area contributed by atoms with Crippen molar-refractivity contribution < 1.29 is 13.2 Å². The molecule has 8 heteroatoms. The van der Waals surface area contributed by atoms with Crippen LogP contribution in [0.3, 0.4) is 0 Å². The van der Waals surface area contributed by atoms with Gasteiger partial charge < -0.3 is 15.6 Å². The van der Waals surface area contributed by atoms with Gasteiger partial charge in [-0.3, -0.25) is 0 Å². The van der Waals surface area contributed by atoms with Crippen molar-refractivity contribution in [1.29, 1.82) is 0 Å². The molecule has 0 atom stereocenters. The number of hydrogen-bond donors (Lipinski definition) is 2. The molecule has 0 fully saturated rings. The zero-order valence-corrected chi connectivity index (χ0v) is 10.8. The van der Waals surface area contributed by atoms with E-state index in [4.69, 9.17) is 5.73 Å². The van der Waals surface area contributed by atoms with E-state index in [1.807, 2.05) is 0 Å². The van der Waals surface area contributed by atoms with Gasteiger partial charge in [0.05, 0.1) is 5.56 Å². The Kier molecular flexibility index (Phi) is 3.82. The van der Waals surface area contributed by atoms with Crippen LogP contribution in [0.25, 0.3) is 0 Å². The van der Waals surface area contributed by atoms with Gasteiger partial charge in [-0.25, -0.2) is 0 Å². The van der Waals surface area contributed by atoms with E-state index < -0.39 is 11.7 Å². The van der Waals surface area contributed by atoms with Crippen molar-refractivity contribution >= 4 is 11.4 Å². The first kappa shape index (κ1) is 14.2. The van der Waals surface area contributed by atoms with E-state index in [1.54, 1.807) is 17.9 Å². The van der Waals surface area contributed by atoms with Crippen LogP contribution in [-0.2, 0) is 19.6 Å². The lowest BCUT2D eigenvalue weighted by molar-refractivity contribution is -0.136. The average molecular weight is 285 g/mol. The zero-order valence-electron chi connectivity index (χ0n) is 10.8. The summed E-state index contributed by atoms with van der Waals surface area (Å²) in [6.45, 7) is 0.319. The van der Waals surface area contributed by atoms with Crippen LogP contribution >= 0.6 is 0 Å². The molecule has 5 nitrogen and oxygen atoms in total. The van der Waals surface area contributed by atoms with E-state index in [2.05, 4.69) is 15.5 Å². The third-order valence-electron chi connectivity index (χ3n) is 2.82. The summed E-state index contributed by atoms with van der Waals surface area (Å²) in [7, 11) is 1.78. The Morgan fingerprint density at radius 3 is 2.70 bits per heavy atom. The number of nitrogens with zero attached hydrogens (tertiary/aromatic N) is 3. The van der Waals surface area contributed by atoms with Crippen molar-refractivity contribution in [3.8, 4) is 0 Å². The molecule has 0 saturated heterocycles. The van der Waals surface area contributed by atoms with E-state index in [1.165, 1.54) is 12.1 Å². The van der Waals surface area contributed by atoms with Crippen LogP contribution < -0.4 is 11.1 Å². The number of nitrogens with one attached hydrogen (secondary N) is 1. The molecule has 0 radical (unpaired) electrons. The van der Waals surface area contributed by atoms with Gasteiger partial charge in [0, 0.05) is 31.4 Å². The molecule has 0 saturated carbocycles. The molecule has 0 aliphatic heterocycles. The molecule has 0 aliphatic carbocycles. The summed E-state index contributed by atoms with van der Waals surface area (Å²) in [5.41, 5.74) is 4.72. The Morgan fingerprint density at radius 1 is 1.35 bits per heavy atom. The molecule has 108 valence electrons. The standard InChI is InChI=1S/C12H14F3N5/c1-20-7-18-19-11(20)4-5-17-10-3-2-8(16)6-9(10)12(13,14)15/h2-3,6-7,17H,4-5,16H2,1H3. The highest BCUT2D eigenvalue weighted by atomic mass is 19.4. The number of aryl methyl sites for hydroxylation is 1. The smallest absolute Gasteiger partial charge is 0.399 e. The third-order valence-corrected chi connectivity index (χ3v) is 2.82. The van der Waals surface area contributed by atoms with Gasteiger partial charge in [-0.2, -0.15) is 13.2 Å². The van der Waals surface area contributed by atoms with Crippen molar-refractivity contribution in [3.63, 3.8) is 0 Å². The average Bonchev–Trinajstić information content (AvgIpc) is 2.76. The Bertz CT molecular complexity index is 591. The van der Waals surface area contributed by atoms with Crippen LogP contribution in [-0.4, -0.2) is 21.3 Å². The Hall–Kier alpha value is -2.25. The predicted molar refractivity (Wildman–Crippen MR) is 69.1 cm³/mol. The highest BCUT2D eigenvalue weighted by Gasteiger charge is 2.33. The van der Waals surface area contributed by atoms with E-state index >= 15 is 0 Å². The number of halogens is 3. The molecule has 20 heavy (non-hydrogen) atoms. The predicted octanol–water partition coefficient (Wildman–Crippen LogP) is 2.07. The van der Waals surface area contributed by atoms with Crippen molar-refractivity contribution in [2.45, 2.75) is 12.6 Å². The topological polar surface area (TPSA) is 68.8 Å². The summed E-state index contributed by atoms with van der Waals surface area (Å²) in [6.07, 6.45) is -2.43. The number of aromatic nitrogens is 3. The summed E-state index contributed by atoms with van der Waals surface area (Å²) in [5.74, 6) is 0.696. The second-order valence-electron chi connectivity index (χ2n) is 4.34. The van der Waals surface area contributed by atoms with Crippen LogP contribution in [0, 0.1) is 0 Å². The first-order valence-electron chi connectivity index (χ1n) is 5.91. The van der Waals surface area contributed by atoms with Gasteiger partial charge in [-0.1, -0.05) is 0 Å². The molecule has 2 aromatic rings.